The van der Waals surface area contributed by atoms with E-state index >= 15 is 0 Å². The minimum atomic E-state index is -0.236. The van der Waals surface area contributed by atoms with Crippen LogP contribution >= 0.6 is 0 Å². The summed E-state index contributed by atoms with van der Waals surface area (Å²) in [6.45, 7) is 5.22. The van der Waals surface area contributed by atoms with Gasteiger partial charge in [0.25, 0.3) is 0 Å². The molecule has 1 aromatic carbocycles. The van der Waals surface area contributed by atoms with E-state index < -0.39 is 0 Å². The molecule has 2 atom stereocenters. The lowest BCUT2D eigenvalue weighted by atomic mass is 10.1. The molecule has 0 radical (unpaired) electrons. The molecule has 20 heavy (non-hydrogen) atoms. The number of anilines is 1. The monoisotopic (exact) mass is 278 g/mol. The summed E-state index contributed by atoms with van der Waals surface area (Å²) < 4.78 is 11.0. The molecule has 110 valence electrons. The Morgan fingerprint density at radius 2 is 2.30 bits per heavy atom. The van der Waals surface area contributed by atoms with E-state index in [4.69, 9.17) is 9.47 Å². The SMILES string of the molecule is CCOc1ccccc1NC(=O)N[C@@H](C)[C@H]1CCCO1. The van der Waals surface area contributed by atoms with E-state index in [0.29, 0.717) is 18.0 Å². The smallest absolute Gasteiger partial charge is 0.319 e. The van der Waals surface area contributed by atoms with Crippen LogP contribution in [0.4, 0.5) is 10.5 Å². The lowest BCUT2D eigenvalue weighted by Crippen LogP contribution is -2.43. The van der Waals surface area contributed by atoms with Crippen LogP contribution in [0, 0.1) is 0 Å². The van der Waals surface area contributed by atoms with Gasteiger partial charge >= 0.3 is 6.03 Å². The molecule has 2 rings (SSSR count). The second kappa shape index (κ2) is 7.14. The molecule has 5 nitrogen and oxygen atoms in total. The summed E-state index contributed by atoms with van der Waals surface area (Å²) in [5.74, 6) is 0.676. The van der Waals surface area contributed by atoms with Gasteiger partial charge in [-0.25, -0.2) is 4.79 Å². The molecule has 0 saturated carbocycles. The molecule has 0 bridgehead atoms. The molecule has 1 heterocycles. The topological polar surface area (TPSA) is 59.6 Å². The Bertz CT molecular complexity index is 444. The van der Waals surface area contributed by atoms with Gasteiger partial charge in [-0.1, -0.05) is 12.1 Å². The first kappa shape index (κ1) is 14.7. The predicted octanol–water partition coefficient (Wildman–Crippen LogP) is 2.77. The summed E-state index contributed by atoms with van der Waals surface area (Å²) in [6, 6.07) is 7.16. The number of urea groups is 1. The Morgan fingerprint density at radius 3 is 3.00 bits per heavy atom. The first-order chi connectivity index (χ1) is 9.70. The second-order valence-corrected chi connectivity index (χ2v) is 4.87. The van der Waals surface area contributed by atoms with Crippen LogP contribution in [0.1, 0.15) is 26.7 Å². The zero-order valence-corrected chi connectivity index (χ0v) is 12.0. The number of amides is 2. The Hall–Kier alpha value is -1.75. The van der Waals surface area contributed by atoms with Crippen molar-refractivity contribution in [3.63, 3.8) is 0 Å². The highest BCUT2D eigenvalue weighted by molar-refractivity contribution is 5.91. The number of rotatable bonds is 5. The first-order valence-corrected chi connectivity index (χ1v) is 7.11. The zero-order valence-electron chi connectivity index (χ0n) is 12.0. The van der Waals surface area contributed by atoms with Gasteiger partial charge < -0.3 is 20.1 Å². The lowest BCUT2D eigenvalue weighted by molar-refractivity contribution is 0.0868. The minimum Gasteiger partial charge on any atom is -0.492 e. The largest absolute Gasteiger partial charge is 0.492 e. The van der Waals surface area contributed by atoms with Crippen LogP contribution in [0.2, 0.25) is 0 Å². The van der Waals surface area contributed by atoms with Gasteiger partial charge in [0.2, 0.25) is 0 Å². The zero-order chi connectivity index (χ0) is 14.4. The Morgan fingerprint density at radius 1 is 1.50 bits per heavy atom. The van der Waals surface area contributed by atoms with E-state index in [9.17, 15) is 4.79 Å². The lowest BCUT2D eigenvalue weighted by Gasteiger charge is -2.20. The van der Waals surface area contributed by atoms with Crippen molar-refractivity contribution in [2.24, 2.45) is 0 Å². The van der Waals surface area contributed by atoms with Crippen LogP contribution in [0.3, 0.4) is 0 Å². The summed E-state index contributed by atoms with van der Waals surface area (Å²) >= 11 is 0. The summed E-state index contributed by atoms with van der Waals surface area (Å²) in [4.78, 5) is 12.0. The van der Waals surface area contributed by atoms with E-state index in [2.05, 4.69) is 10.6 Å². The fourth-order valence-electron chi connectivity index (χ4n) is 2.31. The standard InChI is InChI=1S/C15H22N2O3/c1-3-19-14-8-5-4-7-12(14)17-15(18)16-11(2)13-9-6-10-20-13/h4-5,7-8,11,13H,3,6,9-10H2,1-2H3,(H2,16,17,18)/t11-,13+/m0/s1. The van der Waals surface area contributed by atoms with Gasteiger partial charge in [-0.2, -0.15) is 0 Å². The fourth-order valence-corrected chi connectivity index (χ4v) is 2.31. The van der Waals surface area contributed by atoms with Gasteiger partial charge in [-0.15, -0.1) is 0 Å². The maximum Gasteiger partial charge on any atom is 0.319 e. The van der Waals surface area contributed by atoms with Crippen molar-refractivity contribution in [1.82, 2.24) is 5.32 Å². The van der Waals surface area contributed by atoms with Crippen molar-refractivity contribution < 1.29 is 14.3 Å². The molecule has 0 spiro atoms. The minimum absolute atomic E-state index is 0.00300. The fraction of sp³-hybridized carbons (Fsp3) is 0.533. The normalized spacial score (nSPS) is 19.4. The van der Waals surface area contributed by atoms with Crippen LogP contribution < -0.4 is 15.4 Å². The van der Waals surface area contributed by atoms with Gasteiger partial charge in [0.05, 0.1) is 24.4 Å². The predicted molar refractivity (Wildman–Crippen MR) is 78.2 cm³/mol. The third-order valence-electron chi connectivity index (χ3n) is 3.32. The van der Waals surface area contributed by atoms with Gasteiger partial charge in [-0.3, -0.25) is 0 Å². The molecule has 1 fully saturated rings. The molecule has 1 aliphatic heterocycles. The van der Waals surface area contributed by atoms with Gasteiger partial charge in [0.15, 0.2) is 0 Å². The molecule has 2 amide bonds. The van der Waals surface area contributed by atoms with Crippen molar-refractivity contribution >= 4 is 11.7 Å². The van der Waals surface area contributed by atoms with Crippen LogP contribution in [0.25, 0.3) is 0 Å². The number of ether oxygens (including phenoxy) is 2. The summed E-state index contributed by atoms with van der Waals surface area (Å²) in [7, 11) is 0. The molecule has 1 saturated heterocycles. The number of nitrogens with one attached hydrogen (secondary N) is 2. The molecule has 0 unspecified atom stereocenters. The Labute approximate surface area is 119 Å². The van der Waals surface area contributed by atoms with Crippen LogP contribution in [0.15, 0.2) is 24.3 Å². The maximum absolute atomic E-state index is 12.0. The maximum atomic E-state index is 12.0. The third kappa shape index (κ3) is 3.87. The van der Waals surface area contributed by atoms with E-state index in [0.717, 1.165) is 19.4 Å². The first-order valence-electron chi connectivity index (χ1n) is 7.11. The van der Waals surface area contributed by atoms with E-state index in [1.54, 1.807) is 0 Å². The van der Waals surface area contributed by atoms with E-state index in [1.165, 1.54) is 0 Å². The molecule has 0 aromatic heterocycles. The van der Waals surface area contributed by atoms with Crippen LogP contribution in [-0.2, 0) is 4.74 Å². The summed E-state index contributed by atoms with van der Waals surface area (Å²) in [6.07, 6.45) is 2.17. The van der Waals surface area contributed by atoms with Crippen LogP contribution in [0.5, 0.6) is 5.75 Å². The molecule has 0 aliphatic carbocycles. The van der Waals surface area contributed by atoms with Crippen molar-refractivity contribution in [2.75, 3.05) is 18.5 Å². The molecular weight excluding hydrogens is 256 g/mol. The quantitative estimate of drug-likeness (QED) is 0.870. The van der Waals surface area contributed by atoms with Gasteiger partial charge in [-0.05, 0) is 38.8 Å². The van der Waals surface area contributed by atoms with Crippen molar-refractivity contribution in [2.45, 2.75) is 38.8 Å². The van der Waals surface area contributed by atoms with E-state index in [-0.39, 0.29) is 18.2 Å². The molecule has 1 aliphatic rings. The average molecular weight is 278 g/mol. The van der Waals surface area contributed by atoms with E-state index in [1.807, 2.05) is 38.1 Å². The molecule has 5 heteroatoms. The van der Waals surface area contributed by atoms with Gasteiger partial charge in [0, 0.05) is 6.61 Å². The van der Waals surface area contributed by atoms with Crippen molar-refractivity contribution in [1.29, 1.82) is 0 Å². The second-order valence-electron chi connectivity index (χ2n) is 4.87. The number of carbonyl (C=O) groups excluding carboxylic acids is 1. The summed E-state index contributed by atoms with van der Waals surface area (Å²) in [5, 5.41) is 5.73. The Balaban J connectivity index is 1.90. The molecule has 1 aromatic rings. The molecule has 2 N–H and O–H groups in total. The third-order valence-corrected chi connectivity index (χ3v) is 3.32. The summed E-state index contributed by atoms with van der Waals surface area (Å²) in [5.41, 5.74) is 0.673. The highest BCUT2D eigenvalue weighted by Gasteiger charge is 2.23. The highest BCUT2D eigenvalue weighted by atomic mass is 16.5. The number of para-hydroxylation sites is 2. The van der Waals surface area contributed by atoms with Crippen molar-refractivity contribution in [3.05, 3.63) is 24.3 Å². The number of carbonyl (C=O) groups is 1. The Kier molecular flexibility index (Phi) is 5.24. The average Bonchev–Trinajstić information content (AvgIpc) is 2.95. The number of benzene rings is 1. The number of hydrogen-bond donors (Lipinski definition) is 2. The highest BCUT2D eigenvalue weighted by Crippen LogP contribution is 2.23. The van der Waals surface area contributed by atoms with Crippen LogP contribution in [-0.4, -0.2) is 31.4 Å². The number of hydrogen-bond acceptors (Lipinski definition) is 3. The molecular formula is C15H22N2O3. The van der Waals surface area contributed by atoms with Crippen molar-refractivity contribution in [3.8, 4) is 5.75 Å². The van der Waals surface area contributed by atoms with Gasteiger partial charge in [0.1, 0.15) is 5.75 Å².